The molecule has 2 aromatic rings. The van der Waals surface area contributed by atoms with Gasteiger partial charge in [-0.2, -0.15) is 6.54 Å². The molecule has 1 nitrogen and oxygen atoms in total. The molecule has 0 fully saturated rings. The van der Waals surface area contributed by atoms with Gasteiger partial charge in [-0.1, -0.05) is 0 Å². The Labute approximate surface area is 115 Å². The van der Waals surface area contributed by atoms with Crippen molar-refractivity contribution in [1.82, 2.24) is 4.90 Å². The van der Waals surface area contributed by atoms with Crippen molar-refractivity contribution in [3.05, 3.63) is 60.2 Å². The normalized spacial score (nSPS) is 8.44. The average Bonchev–Trinajstić information content (AvgIpc) is 2.75. The Bertz CT molecular complexity index is 283. The van der Waals surface area contributed by atoms with Crippen molar-refractivity contribution in [2.24, 2.45) is 0 Å². The zero-order valence-corrected chi connectivity index (χ0v) is 10.9. The molecule has 0 spiro atoms. The minimum absolute atomic E-state index is 0. The molecule has 0 saturated carbocycles. The predicted molar refractivity (Wildman–Crippen MR) is 59.4 cm³/mol. The standard InChI is InChI=1S/C8H8N.C5H.ClH.Fe/c1-9(2)7-8-5-3-4-6-8;1-2-4-5-3-1;;/h7H2,1-2H3;1H;1H;/q2*-5;;. The van der Waals surface area contributed by atoms with E-state index in [1.54, 1.807) is 6.07 Å². The molecule has 0 aromatic heterocycles. The molecule has 2 rings (SSSR count). The summed E-state index contributed by atoms with van der Waals surface area (Å²) in [6.45, 7) is 0.875. The molecular weight excluding hydrogens is 261 g/mol. The van der Waals surface area contributed by atoms with Gasteiger partial charge in [-0.05, 0) is 14.1 Å². The van der Waals surface area contributed by atoms with Crippen LogP contribution in [0.25, 0.3) is 0 Å². The summed E-state index contributed by atoms with van der Waals surface area (Å²) in [4.78, 5) is 2.06. The maximum atomic E-state index is 2.89. The molecule has 0 aliphatic heterocycles. The van der Waals surface area contributed by atoms with E-state index in [0.717, 1.165) is 12.1 Å². The Morgan fingerprint density at radius 2 is 1.50 bits per heavy atom. The summed E-state index contributed by atoms with van der Waals surface area (Å²) in [6.07, 6.45) is 0. The van der Waals surface area contributed by atoms with Crippen LogP contribution in [0.3, 0.4) is 0 Å². The van der Waals surface area contributed by atoms with Crippen LogP contribution in [-0.2, 0) is 23.6 Å². The van der Waals surface area contributed by atoms with E-state index in [4.69, 9.17) is 0 Å². The van der Waals surface area contributed by atoms with Crippen LogP contribution in [0.15, 0.2) is 6.07 Å². The van der Waals surface area contributed by atoms with Gasteiger partial charge in [-0.15, -0.1) is 12.4 Å². The van der Waals surface area contributed by atoms with Crippen molar-refractivity contribution in [2.75, 3.05) is 14.1 Å². The number of halogens is 1. The zero-order valence-electron chi connectivity index (χ0n) is 8.99. The topological polar surface area (TPSA) is 3.24 Å². The molecule has 16 heavy (non-hydrogen) atoms. The van der Waals surface area contributed by atoms with Crippen molar-refractivity contribution in [1.29, 1.82) is 0 Å². The summed E-state index contributed by atoms with van der Waals surface area (Å²) < 4.78 is 0. The largest absolute Gasteiger partial charge is 0.999 e. The second-order valence-corrected chi connectivity index (χ2v) is 2.90. The van der Waals surface area contributed by atoms with Gasteiger partial charge >= 0.3 is 0 Å². The van der Waals surface area contributed by atoms with Crippen molar-refractivity contribution in [3.63, 3.8) is 0 Å². The van der Waals surface area contributed by atoms with Crippen LogP contribution in [0.1, 0.15) is 5.56 Å². The molecule has 0 amide bonds. The monoisotopic (exact) mass is 271 g/mol. The van der Waals surface area contributed by atoms with Gasteiger partial charge in [0.15, 0.2) is 0 Å². The average molecular weight is 272 g/mol. The smallest absolute Gasteiger partial charge is 0 e. The minimum Gasteiger partial charge on any atom is -0.999 e. The molecule has 2 aromatic carbocycles. The Morgan fingerprint density at radius 1 is 1.00 bits per heavy atom. The molecule has 0 bridgehead atoms. The maximum absolute atomic E-state index is 2.89. The van der Waals surface area contributed by atoms with E-state index >= 15 is 0 Å². The van der Waals surface area contributed by atoms with E-state index in [1.165, 1.54) is 0 Å². The van der Waals surface area contributed by atoms with E-state index in [0.29, 0.717) is 0 Å². The van der Waals surface area contributed by atoms with Gasteiger partial charge in [0.25, 0.3) is 0 Å². The van der Waals surface area contributed by atoms with Gasteiger partial charge in [0, 0.05) is 17.1 Å². The molecular formula is C13H10ClFeN-10. The van der Waals surface area contributed by atoms with Gasteiger partial charge in [0.05, 0.1) is 0 Å². The minimum atomic E-state index is 0. The van der Waals surface area contributed by atoms with Crippen molar-refractivity contribution < 1.29 is 17.1 Å². The van der Waals surface area contributed by atoms with Gasteiger partial charge < -0.3 is 65.1 Å². The van der Waals surface area contributed by atoms with E-state index in [2.05, 4.69) is 53.4 Å². The summed E-state index contributed by atoms with van der Waals surface area (Å²) in [6, 6.07) is 23.2. The number of hydrogen-bond donors (Lipinski definition) is 0. The molecule has 0 radical (unpaired) electrons. The number of nitrogens with zero attached hydrogens (tertiary/aromatic N) is 1. The van der Waals surface area contributed by atoms with E-state index in [9.17, 15) is 0 Å². The third kappa shape index (κ3) is 8.75. The maximum Gasteiger partial charge on any atom is 0 e. The fourth-order valence-electron chi connectivity index (χ4n) is 0.820. The third-order valence-electron chi connectivity index (χ3n) is 1.31. The van der Waals surface area contributed by atoms with E-state index in [-0.39, 0.29) is 29.5 Å². The summed E-state index contributed by atoms with van der Waals surface area (Å²) in [5.41, 5.74) is 1.03. The Kier molecular flexibility index (Phi) is 12.2. The Morgan fingerprint density at radius 3 is 1.81 bits per heavy atom. The first-order valence-electron chi connectivity index (χ1n) is 4.14. The van der Waals surface area contributed by atoms with Gasteiger partial charge in [-0.25, -0.2) is 0 Å². The summed E-state index contributed by atoms with van der Waals surface area (Å²) in [7, 11) is 4.02. The van der Waals surface area contributed by atoms with Crippen molar-refractivity contribution in [3.8, 4) is 0 Å². The molecule has 0 atom stereocenters. The number of rotatable bonds is 2. The molecule has 0 unspecified atom stereocenters. The van der Waals surface area contributed by atoms with E-state index in [1.807, 2.05) is 14.1 Å². The fourth-order valence-corrected chi connectivity index (χ4v) is 0.820. The fraction of sp³-hybridized carbons (Fsp3) is 0.231. The van der Waals surface area contributed by atoms with Crippen LogP contribution < -0.4 is 0 Å². The van der Waals surface area contributed by atoms with Gasteiger partial charge in [-0.3, -0.25) is 0 Å². The number of hydrogen-bond acceptors (Lipinski definition) is 1. The Hall–Kier alpha value is -0.531. The van der Waals surface area contributed by atoms with Crippen LogP contribution in [0.5, 0.6) is 0 Å². The van der Waals surface area contributed by atoms with Gasteiger partial charge in [0.2, 0.25) is 0 Å². The van der Waals surface area contributed by atoms with Crippen LogP contribution in [0, 0.1) is 48.5 Å². The molecule has 0 heterocycles. The van der Waals surface area contributed by atoms with Crippen molar-refractivity contribution >= 4 is 12.4 Å². The van der Waals surface area contributed by atoms with Crippen LogP contribution in [-0.4, -0.2) is 19.0 Å². The Balaban J connectivity index is 0. The summed E-state index contributed by atoms with van der Waals surface area (Å²) in [5.74, 6) is 0. The van der Waals surface area contributed by atoms with Crippen molar-refractivity contribution in [2.45, 2.75) is 6.54 Å². The van der Waals surface area contributed by atoms with Crippen LogP contribution >= 0.6 is 12.4 Å². The quantitative estimate of drug-likeness (QED) is 0.593. The molecule has 3 heteroatoms. The first-order valence-corrected chi connectivity index (χ1v) is 4.14. The molecule has 0 aliphatic carbocycles. The molecule has 92 valence electrons. The van der Waals surface area contributed by atoms with Crippen LogP contribution in [0.4, 0.5) is 0 Å². The van der Waals surface area contributed by atoms with Gasteiger partial charge in [0.1, 0.15) is 0 Å². The predicted octanol–water partition coefficient (Wildman–Crippen LogP) is 1.69. The summed E-state index contributed by atoms with van der Waals surface area (Å²) in [5, 5.41) is 0. The SMILES string of the molecule is CN(C)C[c-]1[c-][c-][c-][c-]1.Cl.[Fe].[c-]1[c-][c-][cH-][c-]1. The van der Waals surface area contributed by atoms with Crippen LogP contribution in [0.2, 0.25) is 0 Å². The first-order chi connectivity index (χ1) is 6.79. The second kappa shape index (κ2) is 11.0. The van der Waals surface area contributed by atoms with E-state index < -0.39 is 0 Å². The second-order valence-electron chi connectivity index (χ2n) is 2.90. The first kappa shape index (κ1) is 17.9. The molecule has 0 aliphatic rings. The summed E-state index contributed by atoms with van der Waals surface area (Å²) >= 11 is 0. The zero-order chi connectivity index (χ0) is 10.2. The third-order valence-corrected chi connectivity index (χ3v) is 1.31. The molecule has 0 N–H and O–H groups in total. The molecule has 0 saturated heterocycles.